The van der Waals surface area contributed by atoms with Gasteiger partial charge in [-0.25, -0.2) is 9.59 Å². The molecule has 1 amide bonds. The third-order valence-corrected chi connectivity index (χ3v) is 4.34. The molecule has 1 N–H and O–H groups in total. The van der Waals surface area contributed by atoms with Gasteiger partial charge in [0.05, 0.1) is 7.11 Å². The van der Waals surface area contributed by atoms with Crippen LogP contribution in [0, 0.1) is 13.8 Å². The maximum Gasteiger partial charge on any atom is 0.408 e. The van der Waals surface area contributed by atoms with Crippen LogP contribution in [0.1, 0.15) is 37.6 Å². The van der Waals surface area contributed by atoms with E-state index < -0.39 is 23.7 Å². The Balaban J connectivity index is 2.15. The van der Waals surface area contributed by atoms with Crippen LogP contribution in [0.15, 0.2) is 36.5 Å². The van der Waals surface area contributed by atoms with Crippen LogP contribution in [0.3, 0.4) is 0 Å². The number of nitrogens with one attached hydrogen (secondary N) is 1. The van der Waals surface area contributed by atoms with Crippen LogP contribution >= 0.6 is 0 Å². The van der Waals surface area contributed by atoms with Crippen molar-refractivity contribution in [2.45, 2.75) is 52.7 Å². The van der Waals surface area contributed by atoms with Gasteiger partial charge >= 0.3 is 12.1 Å². The first-order valence-electron chi connectivity index (χ1n) is 9.19. The molecule has 0 aliphatic heterocycles. The molecule has 0 aliphatic rings. The first-order valence-corrected chi connectivity index (χ1v) is 9.19. The standard InChI is InChI=1S/C22H28N2O4/c1-14-15(2)23-12-11-18(14)17-9-7-16(8-10-17)13-19(20(25)27-6)24-21(26)28-22(3,4)5/h7-12,19H,13H2,1-6H3,(H,24,26)/t19-/m0/s1. The number of hydrogen-bond acceptors (Lipinski definition) is 5. The van der Waals surface area contributed by atoms with Crippen LogP contribution in [0.2, 0.25) is 0 Å². The average Bonchev–Trinajstić information content (AvgIpc) is 2.62. The molecule has 1 heterocycles. The number of rotatable bonds is 5. The molecule has 150 valence electrons. The van der Waals surface area contributed by atoms with Crippen LogP contribution < -0.4 is 5.32 Å². The van der Waals surface area contributed by atoms with Crippen molar-refractivity contribution < 1.29 is 19.1 Å². The highest BCUT2D eigenvalue weighted by atomic mass is 16.6. The number of amides is 1. The van der Waals surface area contributed by atoms with Crippen LogP contribution in [-0.4, -0.2) is 35.8 Å². The number of methoxy groups -OCH3 is 1. The Morgan fingerprint density at radius 2 is 1.75 bits per heavy atom. The number of aromatic nitrogens is 1. The SMILES string of the molecule is COC(=O)[C@H](Cc1ccc(-c2ccnc(C)c2C)cc1)NC(=O)OC(C)(C)C. The van der Waals surface area contributed by atoms with Crippen molar-refractivity contribution in [3.63, 3.8) is 0 Å². The van der Waals surface area contributed by atoms with Crippen LogP contribution in [0.25, 0.3) is 11.1 Å². The summed E-state index contributed by atoms with van der Waals surface area (Å²) in [7, 11) is 1.30. The number of benzene rings is 1. The van der Waals surface area contributed by atoms with Crippen molar-refractivity contribution in [1.29, 1.82) is 0 Å². The lowest BCUT2D eigenvalue weighted by Crippen LogP contribution is -2.45. The minimum Gasteiger partial charge on any atom is -0.467 e. The molecule has 2 aromatic rings. The molecule has 1 aromatic heterocycles. The second-order valence-corrected chi connectivity index (χ2v) is 7.69. The van der Waals surface area contributed by atoms with E-state index in [1.54, 1.807) is 27.0 Å². The Hall–Kier alpha value is -2.89. The number of aryl methyl sites for hydroxylation is 1. The summed E-state index contributed by atoms with van der Waals surface area (Å²) in [6, 6.07) is 9.04. The molecular formula is C22H28N2O4. The number of alkyl carbamates (subject to hydrolysis) is 1. The van der Waals surface area contributed by atoms with Crippen molar-refractivity contribution in [1.82, 2.24) is 10.3 Å². The zero-order valence-corrected chi connectivity index (χ0v) is 17.3. The minimum atomic E-state index is -0.824. The van der Waals surface area contributed by atoms with Gasteiger partial charge in [0.2, 0.25) is 0 Å². The number of pyridine rings is 1. The van der Waals surface area contributed by atoms with Gasteiger partial charge in [0.1, 0.15) is 11.6 Å². The van der Waals surface area contributed by atoms with Crippen molar-refractivity contribution in [3.05, 3.63) is 53.3 Å². The molecule has 0 saturated carbocycles. The topological polar surface area (TPSA) is 77.5 Å². The Bertz CT molecular complexity index is 839. The lowest BCUT2D eigenvalue weighted by atomic mass is 9.98. The van der Waals surface area contributed by atoms with Gasteiger partial charge < -0.3 is 14.8 Å². The highest BCUT2D eigenvalue weighted by molar-refractivity contribution is 5.81. The maximum absolute atomic E-state index is 12.1. The van der Waals surface area contributed by atoms with Crippen molar-refractivity contribution in [2.75, 3.05) is 7.11 Å². The molecule has 6 heteroatoms. The van der Waals surface area contributed by atoms with Crippen LogP contribution in [-0.2, 0) is 20.7 Å². The van der Waals surface area contributed by atoms with Gasteiger partial charge in [0, 0.05) is 18.3 Å². The Morgan fingerprint density at radius 3 is 2.32 bits per heavy atom. The number of carbonyl (C=O) groups is 2. The quantitative estimate of drug-likeness (QED) is 0.789. The Kier molecular flexibility index (Phi) is 6.78. The summed E-state index contributed by atoms with van der Waals surface area (Å²) in [6.45, 7) is 9.32. The number of carbonyl (C=O) groups excluding carboxylic acids is 2. The third-order valence-electron chi connectivity index (χ3n) is 4.34. The molecule has 1 aromatic carbocycles. The Morgan fingerprint density at radius 1 is 1.11 bits per heavy atom. The minimum absolute atomic E-state index is 0.306. The van der Waals surface area contributed by atoms with Crippen molar-refractivity contribution in [2.24, 2.45) is 0 Å². The molecule has 0 spiro atoms. The molecular weight excluding hydrogens is 356 g/mol. The monoisotopic (exact) mass is 384 g/mol. The van der Waals surface area contributed by atoms with Gasteiger partial charge in [0.25, 0.3) is 0 Å². The lowest BCUT2D eigenvalue weighted by Gasteiger charge is -2.22. The van der Waals surface area contributed by atoms with Crippen molar-refractivity contribution in [3.8, 4) is 11.1 Å². The van der Waals surface area contributed by atoms with E-state index in [1.807, 2.05) is 44.2 Å². The molecule has 2 rings (SSSR count). The molecule has 0 radical (unpaired) electrons. The smallest absolute Gasteiger partial charge is 0.408 e. The maximum atomic E-state index is 12.1. The second-order valence-electron chi connectivity index (χ2n) is 7.69. The molecule has 1 atom stereocenters. The molecule has 0 bridgehead atoms. The largest absolute Gasteiger partial charge is 0.467 e. The average molecular weight is 384 g/mol. The van der Waals surface area contributed by atoms with E-state index >= 15 is 0 Å². The molecule has 6 nitrogen and oxygen atoms in total. The first kappa shape index (κ1) is 21.4. The highest BCUT2D eigenvalue weighted by Gasteiger charge is 2.25. The number of ether oxygens (including phenoxy) is 2. The zero-order valence-electron chi connectivity index (χ0n) is 17.3. The van der Waals surface area contributed by atoms with E-state index in [1.165, 1.54) is 7.11 Å². The van der Waals surface area contributed by atoms with E-state index in [-0.39, 0.29) is 0 Å². The van der Waals surface area contributed by atoms with Crippen LogP contribution in [0.5, 0.6) is 0 Å². The Labute approximate surface area is 166 Å². The fraction of sp³-hybridized carbons (Fsp3) is 0.409. The summed E-state index contributed by atoms with van der Waals surface area (Å²) < 4.78 is 10.1. The lowest BCUT2D eigenvalue weighted by molar-refractivity contribution is -0.143. The van der Waals surface area contributed by atoms with E-state index in [4.69, 9.17) is 9.47 Å². The third kappa shape index (κ3) is 5.81. The zero-order chi connectivity index (χ0) is 20.9. The van der Waals surface area contributed by atoms with Gasteiger partial charge in [0.15, 0.2) is 0 Å². The summed E-state index contributed by atoms with van der Waals surface area (Å²) in [5.41, 5.74) is 4.58. The molecule has 0 saturated heterocycles. The normalized spacial score (nSPS) is 12.2. The van der Waals surface area contributed by atoms with E-state index in [0.29, 0.717) is 6.42 Å². The number of hydrogen-bond donors (Lipinski definition) is 1. The summed E-state index contributed by atoms with van der Waals surface area (Å²) in [5.74, 6) is -0.518. The van der Waals surface area contributed by atoms with Gasteiger partial charge in [-0.1, -0.05) is 24.3 Å². The summed E-state index contributed by atoms with van der Waals surface area (Å²) in [5, 5.41) is 2.59. The highest BCUT2D eigenvalue weighted by Crippen LogP contribution is 2.25. The molecule has 0 aliphatic carbocycles. The summed E-state index contributed by atoms with van der Waals surface area (Å²) in [4.78, 5) is 28.4. The fourth-order valence-corrected chi connectivity index (χ4v) is 2.79. The predicted molar refractivity (Wildman–Crippen MR) is 108 cm³/mol. The molecule has 0 fully saturated rings. The second kappa shape index (κ2) is 8.87. The number of esters is 1. The van der Waals surface area contributed by atoms with E-state index in [0.717, 1.165) is 27.9 Å². The van der Waals surface area contributed by atoms with Gasteiger partial charge in [-0.2, -0.15) is 0 Å². The summed E-state index contributed by atoms with van der Waals surface area (Å²) >= 11 is 0. The predicted octanol–water partition coefficient (Wildman–Crippen LogP) is 3.97. The van der Waals surface area contributed by atoms with Crippen molar-refractivity contribution >= 4 is 12.1 Å². The van der Waals surface area contributed by atoms with E-state index in [2.05, 4.69) is 10.3 Å². The first-order chi connectivity index (χ1) is 13.1. The van der Waals surface area contributed by atoms with Crippen LogP contribution in [0.4, 0.5) is 4.79 Å². The van der Waals surface area contributed by atoms with E-state index in [9.17, 15) is 9.59 Å². The fourth-order valence-electron chi connectivity index (χ4n) is 2.79. The molecule has 28 heavy (non-hydrogen) atoms. The van der Waals surface area contributed by atoms with Gasteiger partial charge in [-0.15, -0.1) is 0 Å². The number of nitrogens with zero attached hydrogens (tertiary/aromatic N) is 1. The summed E-state index contributed by atoms with van der Waals surface area (Å²) in [6.07, 6.45) is 1.45. The van der Waals surface area contributed by atoms with Gasteiger partial charge in [-0.3, -0.25) is 4.98 Å². The van der Waals surface area contributed by atoms with Gasteiger partial charge in [-0.05, 0) is 62.9 Å². The molecule has 0 unspecified atom stereocenters.